The summed E-state index contributed by atoms with van der Waals surface area (Å²) in [7, 11) is 0. The monoisotopic (exact) mass is 367 g/mol. The van der Waals surface area contributed by atoms with Gasteiger partial charge in [0.1, 0.15) is 18.9 Å². The number of nitrogens with zero attached hydrogens (tertiary/aromatic N) is 3. The van der Waals surface area contributed by atoms with E-state index in [0.717, 1.165) is 10.0 Å². The summed E-state index contributed by atoms with van der Waals surface area (Å²) in [6, 6.07) is 8.17. The Morgan fingerprint density at radius 3 is 2.91 bits per heavy atom. The molecule has 8 heteroatoms. The molecule has 0 spiro atoms. The van der Waals surface area contributed by atoms with E-state index >= 15 is 0 Å². The molecule has 1 unspecified atom stereocenters. The van der Waals surface area contributed by atoms with Gasteiger partial charge in [-0.25, -0.2) is 0 Å². The second-order valence-electron chi connectivity index (χ2n) is 5.05. The molecule has 0 N–H and O–H groups in total. The van der Waals surface area contributed by atoms with Crippen molar-refractivity contribution in [2.24, 2.45) is 0 Å². The largest absolute Gasteiger partial charge is 0.443 e. The van der Waals surface area contributed by atoms with E-state index in [1.54, 1.807) is 4.57 Å². The van der Waals surface area contributed by atoms with E-state index in [1.165, 1.54) is 6.20 Å². The molecule has 2 heterocycles. The molecule has 7 nitrogen and oxygen atoms in total. The SMILES string of the molecule is CC(O[C@@H]1COc2nc([N+](=O)[O-])cn2C1)c1ccc(Br)cc1. The van der Waals surface area contributed by atoms with Gasteiger partial charge in [-0.05, 0) is 29.5 Å². The molecule has 0 saturated carbocycles. The number of benzene rings is 1. The van der Waals surface area contributed by atoms with Crippen LogP contribution in [0, 0.1) is 10.1 Å². The molecule has 0 amide bonds. The molecule has 0 fully saturated rings. The van der Waals surface area contributed by atoms with Gasteiger partial charge < -0.3 is 19.6 Å². The summed E-state index contributed by atoms with van der Waals surface area (Å²) < 4.78 is 14.0. The summed E-state index contributed by atoms with van der Waals surface area (Å²) in [4.78, 5) is 14.0. The molecule has 1 aliphatic heterocycles. The quantitative estimate of drug-likeness (QED) is 0.612. The Bertz CT molecular complexity index is 686. The highest BCUT2D eigenvalue weighted by Crippen LogP contribution is 2.26. The molecular formula is C14H14BrN3O4. The van der Waals surface area contributed by atoms with Crippen molar-refractivity contribution in [3.8, 4) is 6.01 Å². The van der Waals surface area contributed by atoms with Gasteiger partial charge in [0, 0.05) is 9.46 Å². The molecule has 2 atom stereocenters. The van der Waals surface area contributed by atoms with Crippen LogP contribution in [-0.4, -0.2) is 27.2 Å². The van der Waals surface area contributed by atoms with Crippen molar-refractivity contribution in [2.75, 3.05) is 6.61 Å². The predicted octanol–water partition coefficient (Wildman–Crippen LogP) is 3.09. The van der Waals surface area contributed by atoms with Crippen LogP contribution in [0.5, 0.6) is 6.01 Å². The van der Waals surface area contributed by atoms with E-state index < -0.39 is 4.92 Å². The number of halogens is 1. The van der Waals surface area contributed by atoms with Gasteiger partial charge in [-0.15, -0.1) is 0 Å². The first kappa shape index (κ1) is 15.0. The van der Waals surface area contributed by atoms with E-state index in [4.69, 9.17) is 9.47 Å². The Hall–Kier alpha value is -1.93. The van der Waals surface area contributed by atoms with Gasteiger partial charge >= 0.3 is 11.8 Å². The maximum atomic E-state index is 10.7. The Kier molecular flexibility index (Phi) is 4.12. The molecule has 0 radical (unpaired) electrons. The van der Waals surface area contributed by atoms with Gasteiger partial charge in [0.2, 0.25) is 0 Å². The van der Waals surface area contributed by atoms with Crippen LogP contribution in [0.3, 0.4) is 0 Å². The number of imidazole rings is 1. The number of rotatable bonds is 4. The summed E-state index contributed by atoms with van der Waals surface area (Å²) in [5.74, 6) is -0.211. The van der Waals surface area contributed by atoms with Crippen molar-refractivity contribution >= 4 is 21.7 Å². The van der Waals surface area contributed by atoms with Crippen LogP contribution in [-0.2, 0) is 11.3 Å². The molecular weight excluding hydrogens is 354 g/mol. The fourth-order valence-corrected chi connectivity index (χ4v) is 2.61. The minimum atomic E-state index is -0.533. The van der Waals surface area contributed by atoms with Crippen molar-refractivity contribution in [1.82, 2.24) is 9.55 Å². The molecule has 2 aromatic rings. The van der Waals surface area contributed by atoms with Gasteiger partial charge in [0.15, 0.2) is 0 Å². The van der Waals surface area contributed by atoms with Gasteiger partial charge in [-0.3, -0.25) is 4.57 Å². The van der Waals surface area contributed by atoms with Crippen molar-refractivity contribution in [3.63, 3.8) is 0 Å². The smallest absolute Gasteiger partial charge is 0.414 e. The Morgan fingerprint density at radius 1 is 1.50 bits per heavy atom. The third kappa shape index (κ3) is 3.12. The summed E-state index contributed by atoms with van der Waals surface area (Å²) in [6.07, 6.45) is 1.09. The fourth-order valence-electron chi connectivity index (χ4n) is 2.34. The Balaban J connectivity index is 1.67. The number of ether oxygens (including phenoxy) is 2. The number of nitro groups is 1. The van der Waals surface area contributed by atoms with Crippen LogP contribution in [0.1, 0.15) is 18.6 Å². The van der Waals surface area contributed by atoms with Crippen molar-refractivity contribution in [2.45, 2.75) is 25.7 Å². The lowest BCUT2D eigenvalue weighted by Gasteiger charge is -2.25. The zero-order valence-electron chi connectivity index (χ0n) is 11.8. The van der Waals surface area contributed by atoms with Gasteiger partial charge in [0.25, 0.3) is 0 Å². The fraction of sp³-hybridized carbons (Fsp3) is 0.357. The van der Waals surface area contributed by atoms with E-state index in [9.17, 15) is 10.1 Å². The van der Waals surface area contributed by atoms with Crippen molar-refractivity contribution in [3.05, 3.63) is 50.6 Å². The van der Waals surface area contributed by atoms with Crippen LogP contribution in [0.15, 0.2) is 34.9 Å². The summed E-state index contributed by atoms with van der Waals surface area (Å²) >= 11 is 3.40. The van der Waals surface area contributed by atoms with Crippen molar-refractivity contribution < 1.29 is 14.4 Å². The molecule has 0 bridgehead atoms. The maximum absolute atomic E-state index is 10.7. The Labute approximate surface area is 135 Å². The summed E-state index contributed by atoms with van der Waals surface area (Å²) in [5, 5.41) is 10.7. The molecule has 0 saturated heterocycles. The van der Waals surface area contributed by atoms with Gasteiger partial charge in [-0.1, -0.05) is 28.1 Å². The molecule has 0 aliphatic carbocycles. The maximum Gasteiger partial charge on any atom is 0.414 e. The predicted molar refractivity (Wildman–Crippen MR) is 81.8 cm³/mol. The molecule has 22 heavy (non-hydrogen) atoms. The molecule has 116 valence electrons. The first-order valence-electron chi connectivity index (χ1n) is 6.78. The second kappa shape index (κ2) is 6.05. The average Bonchev–Trinajstić information content (AvgIpc) is 2.91. The zero-order valence-corrected chi connectivity index (χ0v) is 13.4. The topological polar surface area (TPSA) is 79.4 Å². The van der Waals surface area contributed by atoms with E-state index in [1.807, 2.05) is 31.2 Å². The van der Waals surface area contributed by atoms with Crippen LogP contribution in [0.4, 0.5) is 5.82 Å². The summed E-state index contributed by atoms with van der Waals surface area (Å²) in [6.45, 7) is 2.78. The van der Waals surface area contributed by atoms with Crippen LogP contribution >= 0.6 is 15.9 Å². The summed E-state index contributed by atoms with van der Waals surface area (Å²) in [5.41, 5.74) is 1.06. The van der Waals surface area contributed by atoms with Crippen LogP contribution in [0.2, 0.25) is 0 Å². The highest BCUT2D eigenvalue weighted by Gasteiger charge is 2.29. The van der Waals surface area contributed by atoms with E-state index in [-0.39, 0.29) is 24.0 Å². The lowest BCUT2D eigenvalue weighted by Crippen LogP contribution is -2.32. The number of hydrogen-bond acceptors (Lipinski definition) is 5. The minimum absolute atomic E-state index is 0.0956. The average molecular weight is 368 g/mol. The number of fused-ring (bicyclic) bond motifs is 1. The first-order chi connectivity index (χ1) is 10.5. The third-order valence-electron chi connectivity index (χ3n) is 3.45. The van der Waals surface area contributed by atoms with Gasteiger partial charge in [0.05, 0.1) is 12.6 Å². The first-order valence-corrected chi connectivity index (χ1v) is 7.57. The molecule has 3 rings (SSSR count). The highest BCUT2D eigenvalue weighted by atomic mass is 79.9. The van der Waals surface area contributed by atoms with Crippen LogP contribution in [0.25, 0.3) is 0 Å². The lowest BCUT2D eigenvalue weighted by atomic mass is 10.1. The third-order valence-corrected chi connectivity index (χ3v) is 3.98. The standard InChI is InChI=1S/C14H14BrN3O4/c1-9(10-2-4-11(15)5-3-10)22-12-6-17-7-13(18(19)20)16-14(17)21-8-12/h2-5,7,9,12H,6,8H2,1H3/t9?,12-/m0/s1. The minimum Gasteiger partial charge on any atom is -0.443 e. The van der Waals surface area contributed by atoms with Crippen molar-refractivity contribution in [1.29, 1.82) is 0 Å². The van der Waals surface area contributed by atoms with Gasteiger partial charge in [-0.2, -0.15) is 0 Å². The zero-order chi connectivity index (χ0) is 15.7. The van der Waals surface area contributed by atoms with E-state index in [0.29, 0.717) is 13.2 Å². The lowest BCUT2D eigenvalue weighted by molar-refractivity contribution is -0.389. The Morgan fingerprint density at radius 2 is 2.23 bits per heavy atom. The molecule has 1 aromatic carbocycles. The number of hydrogen-bond donors (Lipinski definition) is 0. The number of aromatic nitrogens is 2. The highest BCUT2D eigenvalue weighted by molar-refractivity contribution is 9.10. The second-order valence-corrected chi connectivity index (χ2v) is 5.97. The molecule has 1 aliphatic rings. The molecule has 1 aromatic heterocycles. The van der Waals surface area contributed by atoms with Crippen LogP contribution < -0.4 is 4.74 Å². The normalized spacial score (nSPS) is 18.4. The van der Waals surface area contributed by atoms with E-state index in [2.05, 4.69) is 20.9 Å².